The molecular formula is C20H26N4O3. The lowest BCUT2D eigenvalue weighted by Gasteiger charge is -2.18. The van der Waals surface area contributed by atoms with Crippen LogP contribution in [0.5, 0.6) is 0 Å². The second kappa shape index (κ2) is 9.68. The van der Waals surface area contributed by atoms with Crippen LogP contribution in [0, 0.1) is 24.0 Å². The average molecular weight is 370 g/mol. The van der Waals surface area contributed by atoms with Crippen molar-refractivity contribution in [3.05, 3.63) is 69.3 Å². The highest BCUT2D eigenvalue weighted by molar-refractivity contribution is 5.78. The van der Waals surface area contributed by atoms with Crippen molar-refractivity contribution in [2.24, 2.45) is 0 Å². The summed E-state index contributed by atoms with van der Waals surface area (Å²) < 4.78 is 0. The number of carbonyl (C=O) groups is 1. The fourth-order valence-electron chi connectivity index (χ4n) is 2.78. The Kier molecular flexibility index (Phi) is 7.31. The van der Waals surface area contributed by atoms with E-state index < -0.39 is 4.92 Å². The van der Waals surface area contributed by atoms with Crippen LogP contribution in [0.25, 0.3) is 0 Å². The number of likely N-dealkylation sites (N-methyl/N-ethyl adjacent to an activating group) is 1. The summed E-state index contributed by atoms with van der Waals surface area (Å²) in [5, 5.41) is 16.6. The van der Waals surface area contributed by atoms with Crippen LogP contribution < -0.4 is 10.6 Å². The third kappa shape index (κ3) is 6.71. The summed E-state index contributed by atoms with van der Waals surface area (Å²) in [5.41, 5.74) is 4.52. The SMILES string of the molecule is Cc1ccc(CN(C)CC(=O)NCCNc2ccc([N+](=O)[O-])cc2)c(C)c1. The lowest BCUT2D eigenvalue weighted by molar-refractivity contribution is -0.384. The highest BCUT2D eigenvalue weighted by Gasteiger charge is 2.08. The van der Waals surface area contributed by atoms with E-state index >= 15 is 0 Å². The van der Waals surface area contributed by atoms with Gasteiger partial charge in [-0.15, -0.1) is 0 Å². The lowest BCUT2D eigenvalue weighted by Crippen LogP contribution is -2.37. The summed E-state index contributed by atoms with van der Waals surface area (Å²) in [5.74, 6) is -0.0345. The molecule has 2 rings (SSSR count). The van der Waals surface area contributed by atoms with E-state index in [0.717, 1.165) is 12.2 Å². The molecule has 0 atom stereocenters. The van der Waals surface area contributed by atoms with Crippen LogP contribution in [0.15, 0.2) is 42.5 Å². The summed E-state index contributed by atoms with van der Waals surface area (Å²) in [6.45, 7) is 6.22. The molecule has 2 N–H and O–H groups in total. The molecule has 2 aromatic carbocycles. The van der Waals surface area contributed by atoms with Gasteiger partial charge in [0, 0.05) is 37.5 Å². The number of rotatable bonds is 9. The second-order valence-corrected chi connectivity index (χ2v) is 6.68. The minimum absolute atomic E-state index is 0.0345. The zero-order valence-electron chi connectivity index (χ0n) is 16.0. The molecule has 0 aromatic heterocycles. The van der Waals surface area contributed by atoms with Gasteiger partial charge in [-0.25, -0.2) is 0 Å². The van der Waals surface area contributed by atoms with Crippen LogP contribution in [-0.4, -0.2) is 42.4 Å². The van der Waals surface area contributed by atoms with E-state index in [2.05, 4.69) is 42.7 Å². The van der Waals surface area contributed by atoms with E-state index in [1.165, 1.54) is 28.8 Å². The van der Waals surface area contributed by atoms with Crippen molar-refractivity contribution < 1.29 is 9.72 Å². The molecule has 7 heteroatoms. The third-order valence-electron chi connectivity index (χ3n) is 4.21. The van der Waals surface area contributed by atoms with Gasteiger partial charge < -0.3 is 10.6 Å². The Morgan fingerprint density at radius 2 is 1.81 bits per heavy atom. The number of hydrogen-bond donors (Lipinski definition) is 2. The van der Waals surface area contributed by atoms with E-state index in [9.17, 15) is 14.9 Å². The van der Waals surface area contributed by atoms with Gasteiger partial charge in [0.05, 0.1) is 11.5 Å². The van der Waals surface area contributed by atoms with Gasteiger partial charge in [-0.05, 0) is 44.2 Å². The first kappa shape index (κ1) is 20.4. The molecule has 144 valence electrons. The number of hydrogen-bond acceptors (Lipinski definition) is 5. The zero-order chi connectivity index (χ0) is 19.8. The third-order valence-corrected chi connectivity index (χ3v) is 4.21. The fourth-order valence-corrected chi connectivity index (χ4v) is 2.78. The maximum atomic E-state index is 12.1. The van der Waals surface area contributed by atoms with E-state index in [0.29, 0.717) is 19.6 Å². The number of nitrogens with zero attached hydrogens (tertiary/aromatic N) is 2. The van der Waals surface area contributed by atoms with E-state index in [1.54, 1.807) is 12.1 Å². The predicted octanol–water partition coefficient (Wildman–Crippen LogP) is 2.87. The molecule has 0 fully saturated rings. The van der Waals surface area contributed by atoms with Crippen LogP contribution in [-0.2, 0) is 11.3 Å². The van der Waals surface area contributed by atoms with Crippen molar-refractivity contribution in [3.63, 3.8) is 0 Å². The molecule has 0 saturated heterocycles. The topological polar surface area (TPSA) is 87.5 Å². The minimum Gasteiger partial charge on any atom is -0.383 e. The van der Waals surface area contributed by atoms with E-state index in [4.69, 9.17) is 0 Å². The summed E-state index contributed by atoms with van der Waals surface area (Å²) in [6.07, 6.45) is 0. The highest BCUT2D eigenvalue weighted by atomic mass is 16.6. The first-order valence-corrected chi connectivity index (χ1v) is 8.85. The van der Waals surface area contributed by atoms with Crippen LogP contribution in [0.2, 0.25) is 0 Å². The fraction of sp³-hybridized carbons (Fsp3) is 0.350. The van der Waals surface area contributed by atoms with E-state index in [-0.39, 0.29) is 11.6 Å². The van der Waals surface area contributed by atoms with Gasteiger partial charge in [0.15, 0.2) is 0 Å². The molecule has 2 aromatic rings. The largest absolute Gasteiger partial charge is 0.383 e. The summed E-state index contributed by atoms with van der Waals surface area (Å²) in [7, 11) is 1.92. The molecular weight excluding hydrogens is 344 g/mol. The Labute approximate surface area is 159 Å². The van der Waals surface area contributed by atoms with E-state index in [1.807, 2.05) is 11.9 Å². The predicted molar refractivity (Wildman–Crippen MR) is 107 cm³/mol. The Hall–Kier alpha value is -2.93. The molecule has 1 amide bonds. The number of anilines is 1. The summed E-state index contributed by atoms with van der Waals surface area (Å²) in [4.78, 5) is 24.2. The molecule has 0 bridgehead atoms. The highest BCUT2D eigenvalue weighted by Crippen LogP contribution is 2.15. The minimum atomic E-state index is -0.432. The quantitative estimate of drug-likeness (QED) is 0.403. The Bertz CT molecular complexity index is 790. The molecule has 0 radical (unpaired) electrons. The number of carbonyl (C=O) groups excluding carboxylic acids is 1. The molecule has 27 heavy (non-hydrogen) atoms. The Morgan fingerprint density at radius 1 is 1.11 bits per heavy atom. The zero-order valence-corrected chi connectivity index (χ0v) is 16.0. The standard InChI is InChI=1S/C20H26N4O3/c1-15-4-5-17(16(2)12-15)13-23(3)14-20(25)22-11-10-21-18-6-8-19(9-7-18)24(26)27/h4-9,12,21H,10-11,13-14H2,1-3H3,(H,22,25). The van der Waals surface area contributed by atoms with Crippen molar-refractivity contribution in [2.45, 2.75) is 20.4 Å². The normalized spacial score (nSPS) is 10.7. The summed E-state index contributed by atoms with van der Waals surface area (Å²) in [6, 6.07) is 12.5. The molecule has 7 nitrogen and oxygen atoms in total. The Morgan fingerprint density at radius 3 is 2.44 bits per heavy atom. The van der Waals surface area contributed by atoms with Crippen molar-refractivity contribution in [1.29, 1.82) is 0 Å². The lowest BCUT2D eigenvalue weighted by atomic mass is 10.1. The first-order chi connectivity index (χ1) is 12.8. The average Bonchev–Trinajstić information content (AvgIpc) is 2.61. The number of nitro groups is 1. The van der Waals surface area contributed by atoms with Gasteiger partial charge in [0.25, 0.3) is 5.69 Å². The second-order valence-electron chi connectivity index (χ2n) is 6.68. The van der Waals surface area contributed by atoms with Gasteiger partial charge in [-0.3, -0.25) is 19.8 Å². The number of nitrogens with one attached hydrogen (secondary N) is 2. The molecule has 0 aliphatic carbocycles. The van der Waals surface area contributed by atoms with Crippen LogP contribution >= 0.6 is 0 Å². The van der Waals surface area contributed by atoms with Gasteiger partial charge in [0.2, 0.25) is 5.91 Å². The monoisotopic (exact) mass is 370 g/mol. The van der Waals surface area contributed by atoms with Gasteiger partial charge in [-0.2, -0.15) is 0 Å². The number of amides is 1. The Balaban J connectivity index is 1.68. The van der Waals surface area contributed by atoms with Crippen LogP contribution in [0.1, 0.15) is 16.7 Å². The van der Waals surface area contributed by atoms with Crippen LogP contribution in [0.3, 0.4) is 0 Å². The van der Waals surface area contributed by atoms with Gasteiger partial charge in [0.1, 0.15) is 0 Å². The number of aryl methyl sites for hydroxylation is 2. The van der Waals surface area contributed by atoms with Crippen LogP contribution in [0.4, 0.5) is 11.4 Å². The maximum absolute atomic E-state index is 12.1. The molecule has 0 spiro atoms. The number of non-ortho nitro benzene ring substituents is 1. The molecule has 0 aliphatic heterocycles. The van der Waals surface area contributed by atoms with Crippen molar-refractivity contribution >= 4 is 17.3 Å². The van der Waals surface area contributed by atoms with Gasteiger partial charge >= 0.3 is 0 Å². The summed E-state index contributed by atoms with van der Waals surface area (Å²) >= 11 is 0. The van der Waals surface area contributed by atoms with Crippen molar-refractivity contribution in [3.8, 4) is 0 Å². The number of nitro benzene ring substituents is 1. The van der Waals surface area contributed by atoms with Crippen molar-refractivity contribution in [1.82, 2.24) is 10.2 Å². The first-order valence-electron chi connectivity index (χ1n) is 8.85. The maximum Gasteiger partial charge on any atom is 0.269 e. The van der Waals surface area contributed by atoms with Gasteiger partial charge in [-0.1, -0.05) is 23.8 Å². The number of benzene rings is 2. The smallest absolute Gasteiger partial charge is 0.269 e. The molecule has 0 aliphatic rings. The van der Waals surface area contributed by atoms with Crippen molar-refractivity contribution in [2.75, 3.05) is 32.0 Å². The molecule has 0 unspecified atom stereocenters. The molecule has 0 saturated carbocycles. The molecule has 0 heterocycles.